The van der Waals surface area contributed by atoms with E-state index in [1.54, 1.807) is 12.3 Å². The number of aromatic nitrogens is 2. The lowest BCUT2D eigenvalue weighted by Gasteiger charge is -2.04. The third-order valence-corrected chi connectivity index (χ3v) is 2.45. The predicted octanol–water partition coefficient (Wildman–Crippen LogP) is 1.09. The van der Waals surface area contributed by atoms with Crippen LogP contribution in [0.4, 0.5) is 5.82 Å². The normalized spacial score (nSPS) is 13.0. The first-order chi connectivity index (χ1) is 7.75. The first kappa shape index (κ1) is 8.90. The minimum atomic E-state index is 0.0809. The zero-order valence-electron chi connectivity index (χ0n) is 8.23. The Hall–Kier alpha value is -2.37. The van der Waals surface area contributed by atoms with Crippen LogP contribution in [0, 0.1) is 0 Å². The number of aromatic hydroxyl groups is 1. The van der Waals surface area contributed by atoms with E-state index < -0.39 is 0 Å². The zero-order chi connectivity index (χ0) is 11.1. The molecule has 3 rings (SSSR count). The maximum atomic E-state index is 9.84. The van der Waals surface area contributed by atoms with E-state index in [0.717, 1.165) is 0 Å². The number of hydrogen-bond acceptors (Lipinski definition) is 5. The highest BCUT2D eigenvalue weighted by atomic mass is 16.7. The van der Waals surface area contributed by atoms with Crippen molar-refractivity contribution in [2.24, 2.45) is 0 Å². The molecule has 0 fully saturated rings. The van der Waals surface area contributed by atoms with E-state index in [4.69, 9.17) is 15.2 Å². The van der Waals surface area contributed by atoms with Crippen molar-refractivity contribution < 1.29 is 14.6 Å². The molecule has 0 saturated carbocycles. The Morgan fingerprint density at radius 1 is 1.25 bits per heavy atom. The minimum Gasteiger partial charge on any atom is -0.507 e. The van der Waals surface area contributed by atoms with Crippen molar-refractivity contribution in [1.82, 2.24) is 10.2 Å². The number of phenolic OH excluding ortho intramolecular Hbond substituents is 1. The van der Waals surface area contributed by atoms with Gasteiger partial charge in [-0.05, 0) is 6.07 Å². The molecule has 0 atom stereocenters. The molecule has 0 aliphatic carbocycles. The van der Waals surface area contributed by atoms with E-state index in [1.807, 2.05) is 0 Å². The number of H-pyrrole nitrogens is 1. The van der Waals surface area contributed by atoms with Crippen LogP contribution in [-0.2, 0) is 0 Å². The number of anilines is 1. The van der Waals surface area contributed by atoms with Crippen molar-refractivity contribution in [3.63, 3.8) is 0 Å². The summed E-state index contributed by atoms with van der Waals surface area (Å²) in [7, 11) is 0. The Morgan fingerprint density at radius 3 is 2.69 bits per heavy atom. The third-order valence-electron chi connectivity index (χ3n) is 2.45. The monoisotopic (exact) mass is 219 g/mol. The van der Waals surface area contributed by atoms with Gasteiger partial charge in [0.2, 0.25) is 6.79 Å². The number of nitrogen functional groups attached to an aromatic ring is 1. The SMILES string of the molecule is Nc1[nH]ncc1-c1cc2c(cc1O)OCO2. The number of aromatic amines is 1. The summed E-state index contributed by atoms with van der Waals surface area (Å²) in [5, 5.41) is 16.2. The predicted molar refractivity (Wildman–Crippen MR) is 56.2 cm³/mol. The Morgan fingerprint density at radius 2 is 2.00 bits per heavy atom. The number of nitrogens with zero attached hydrogens (tertiary/aromatic N) is 1. The molecule has 6 nitrogen and oxygen atoms in total. The van der Waals surface area contributed by atoms with Gasteiger partial charge in [0.05, 0.1) is 6.20 Å². The molecule has 1 aromatic heterocycles. The second-order valence-electron chi connectivity index (χ2n) is 3.42. The molecular formula is C10H9N3O3. The van der Waals surface area contributed by atoms with Crippen LogP contribution in [0.5, 0.6) is 17.2 Å². The van der Waals surface area contributed by atoms with Crippen LogP contribution in [0.25, 0.3) is 11.1 Å². The van der Waals surface area contributed by atoms with Crippen LogP contribution in [-0.4, -0.2) is 22.1 Å². The molecule has 0 amide bonds. The molecule has 2 heterocycles. The van der Waals surface area contributed by atoms with E-state index in [0.29, 0.717) is 28.4 Å². The number of hydrogen-bond donors (Lipinski definition) is 3. The summed E-state index contributed by atoms with van der Waals surface area (Å²) in [6, 6.07) is 3.18. The number of nitrogens with two attached hydrogens (primary N) is 1. The molecule has 1 aliphatic rings. The molecule has 82 valence electrons. The molecular weight excluding hydrogens is 210 g/mol. The lowest BCUT2D eigenvalue weighted by molar-refractivity contribution is 0.174. The van der Waals surface area contributed by atoms with E-state index in [1.165, 1.54) is 6.07 Å². The number of rotatable bonds is 1. The van der Waals surface area contributed by atoms with Gasteiger partial charge in [0.15, 0.2) is 11.5 Å². The van der Waals surface area contributed by atoms with Crippen molar-refractivity contribution in [2.75, 3.05) is 12.5 Å². The van der Waals surface area contributed by atoms with E-state index in [-0.39, 0.29) is 12.5 Å². The van der Waals surface area contributed by atoms with Crippen molar-refractivity contribution in [3.05, 3.63) is 18.3 Å². The van der Waals surface area contributed by atoms with Crippen LogP contribution in [0.2, 0.25) is 0 Å². The van der Waals surface area contributed by atoms with Crippen molar-refractivity contribution in [1.29, 1.82) is 0 Å². The molecule has 0 radical (unpaired) electrons. The lowest BCUT2D eigenvalue weighted by Crippen LogP contribution is -1.92. The molecule has 0 unspecified atom stereocenters. The van der Waals surface area contributed by atoms with Gasteiger partial charge in [0.1, 0.15) is 11.6 Å². The van der Waals surface area contributed by atoms with Crippen LogP contribution in [0.3, 0.4) is 0 Å². The van der Waals surface area contributed by atoms with Crippen LogP contribution < -0.4 is 15.2 Å². The van der Waals surface area contributed by atoms with Crippen LogP contribution >= 0.6 is 0 Å². The smallest absolute Gasteiger partial charge is 0.231 e. The zero-order valence-corrected chi connectivity index (χ0v) is 8.23. The topological polar surface area (TPSA) is 93.4 Å². The average Bonchev–Trinajstić information content (AvgIpc) is 2.85. The fourth-order valence-corrected chi connectivity index (χ4v) is 1.66. The van der Waals surface area contributed by atoms with Gasteiger partial charge in [-0.25, -0.2) is 0 Å². The molecule has 6 heteroatoms. The first-order valence-corrected chi connectivity index (χ1v) is 4.67. The molecule has 0 spiro atoms. The quantitative estimate of drug-likeness (QED) is 0.667. The number of benzene rings is 1. The van der Waals surface area contributed by atoms with Gasteiger partial charge >= 0.3 is 0 Å². The number of nitrogens with one attached hydrogen (secondary N) is 1. The van der Waals surface area contributed by atoms with E-state index in [2.05, 4.69) is 10.2 Å². The highest BCUT2D eigenvalue weighted by Gasteiger charge is 2.19. The van der Waals surface area contributed by atoms with Gasteiger partial charge in [-0.3, -0.25) is 5.10 Å². The maximum Gasteiger partial charge on any atom is 0.231 e. The molecule has 1 aliphatic heterocycles. The van der Waals surface area contributed by atoms with E-state index in [9.17, 15) is 5.11 Å². The summed E-state index contributed by atoms with van der Waals surface area (Å²) in [4.78, 5) is 0. The van der Waals surface area contributed by atoms with Crippen molar-refractivity contribution in [2.45, 2.75) is 0 Å². The molecule has 4 N–H and O–H groups in total. The fraction of sp³-hybridized carbons (Fsp3) is 0.100. The Labute approximate surface area is 90.6 Å². The molecule has 2 aromatic rings. The summed E-state index contributed by atoms with van der Waals surface area (Å²) in [6.45, 7) is 0.166. The van der Waals surface area contributed by atoms with Crippen molar-refractivity contribution >= 4 is 5.82 Å². The lowest BCUT2D eigenvalue weighted by atomic mass is 10.1. The summed E-state index contributed by atoms with van der Waals surface area (Å²) in [5.41, 5.74) is 6.89. The van der Waals surface area contributed by atoms with Gasteiger partial charge < -0.3 is 20.3 Å². The second-order valence-corrected chi connectivity index (χ2v) is 3.42. The van der Waals surface area contributed by atoms with Crippen LogP contribution in [0.1, 0.15) is 0 Å². The van der Waals surface area contributed by atoms with Gasteiger partial charge in [-0.1, -0.05) is 0 Å². The number of ether oxygens (including phenoxy) is 2. The number of phenols is 1. The summed E-state index contributed by atoms with van der Waals surface area (Å²) in [5.74, 6) is 1.60. The second kappa shape index (κ2) is 3.06. The maximum absolute atomic E-state index is 9.84. The Kier molecular flexibility index (Phi) is 1.70. The van der Waals surface area contributed by atoms with Crippen LogP contribution in [0.15, 0.2) is 18.3 Å². The molecule has 0 bridgehead atoms. The van der Waals surface area contributed by atoms with Crippen molar-refractivity contribution in [3.8, 4) is 28.4 Å². The molecule has 16 heavy (non-hydrogen) atoms. The van der Waals surface area contributed by atoms with Gasteiger partial charge in [-0.15, -0.1) is 0 Å². The Bertz CT molecular complexity index is 550. The third kappa shape index (κ3) is 1.16. The first-order valence-electron chi connectivity index (χ1n) is 4.67. The van der Waals surface area contributed by atoms with E-state index >= 15 is 0 Å². The summed E-state index contributed by atoms with van der Waals surface area (Å²) >= 11 is 0. The minimum absolute atomic E-state index is 0.0809. The van der Waals surface area contributed by atoms with Gasteiger partial charge in [0, 0.05) is 17.2 Å². The number of fused-ring (bicyclic) bond motifs is 1. The fourth-order valence-electron chi connectivity index (χ4n) is 1.66. The largest absolute Gasteiger partial charge is 0.507 e. The molecule has 0 saturated heterocycles. The van der Waals surface area contributed by atoms with Gasteiger partial charge in [0.25, 0.3) is 0 Å². The standard InChI is InChI=1S/C10H9N3O3/c11-10-6(3-12-13-10)5-1-8-9(2-7(5)14)16-4-15-8/h1-3,14H,4H2,(H3,11,12,13). The highest BCUT2D eigenvalue weighted by Crippen LogP contribution is 2.42. The summed E-state index contributed by atoms with van der Waals surface area (Å²) in [6.07, 6.45) is 1.55. The average molecular weight is 219 g/mol. The highest BCUT2D eigenvalue weighted by molar-refractivity contribution is 5.80. The van der Waals surface area contributed by atoms with Gasteiger partial charge in [-0.2, -0.15) is 5.10 Å². The molecule has 1 aromatic carbocycles. The Balaban J connectivity index is 2.18. The summed E-state index contributed by atoms with van der Waals surface area (Å²) < 4.78 is 10.4.